The number of anilines is 2. The molecular formula is C36H52N2O3. The topological polar surface area (TPSA) is 78.4 Å². The van der Waals surface area contributed by atoms with Gasteiger partial charge in [0.1, 0.15) is 0 Å². The Morgan fingerprint density at radius 1 is 0.976 bits per heavy atom. The fourth-order valence-corrected chi connectivity index (χ4v) is 10.3. The second-order valence-corrected chi connectivity index (χ2v) is 15.0. The van der Waals surface area contributed by atoms with Crippen molar-refractivity contribution in [3.8, 4) is 0 Å². The largest absolute Gasteiger partial charge is 0.393 e. The van der Waals surface area contributed by atoms with Crippen LogP contribution >= 0.6 is 0 Å². The highest BCUT2D eigenvalue weighted by molar-refractivity contribution is 6.03. The first-order valence-electron chi connectivity index (χ1n) is 16.0. The van der Waals surface area contributed by atoms with Gasteiger partial charge < -0.3 is 15.7 Å². The lowest BCUT2D eigenvalue weighted by atomic mass is 9.43. The number of hydrogen-bond acceptors (Lipinski definition) is 3. The number of amides is 2. The lowest BCUT2D eigenvalue weighted by Gasteiger charge is -2.62. The van der Waals surface area contributed by atoms with Gasteiger partial charge in [-0.15, -0.1) is 0 Å². The number of fused-ring (bicyclic) bond motifs is 4. The molecule has 3 N–H and O–H groups in total. The second kappa shape index (κ2) is 10.7. The monoisotopic (exact) mass is 560 g/mol. The van der Waals surface area contributed by atoms with Crippen LogP contribution in [-0.2, 0) is 9.59 Å². The molecule has 2 amide bonds. The molecule has 5 heteroatoms. The predicted octanol–water partition coefficient (Wildman–Crippen LogP) is 8.28. The van der Waals surface area contributed by atoms with E-state index in [0.717, 1.165) is 19.3 Å². The maximum Gasteiger partial charge on any atom is 0.247 e. The van der Waals surface area contributed by atoms with Crippen LogP contribution in [0.5, 0.6) is 0 Å². The molecule has 2 fully saturated rings. The van der Waals surface area contributed by atoms with Crippen LogP contribution in [-0.4, -0.2) is 23.0 Å². The van der Waals surface area contributed by atoms with Crippen molar-refractivity contribution >= 4 is 23.2 Å². The molecular weight excluding hydrogens is 508 g/mol. The van der Waals surface area contributed by atoms with Crippen molar-refractivity contribution in [1.82, 2.24) is 0 Å². The van der Waals surface area contributed by atoms with Crippen LogP contribution < -0.4 is 10.6 Å². The summed E-state index contributed by atoms with van der Waals surface area (Å²) in [4.78, 5) is 24.8. The van der Waals surface area contributed by atoms with Gasteiger partial charge in [0.05, 0.1) is 17.5 Å². The fourth-order valence-electron chi connectivity index (χ4n) is 10.3. The summed E-state index contributed by atoms with van der Waals surface area (Å²) < 4.78 is 0. The molecule has 0 aliphatic heterocycles. The van der Waals surface area contributed by atoms with Gasteiger partial charge in [-0.3, -0.25) is 9.59 Å². The SMILES string of the molecule is C=CC(=O)Nc1ccccc1NC(=O)CC[C@@H](C)[C@H]1CC[C@@]2(C)C3=C(CC[C@]12C)[C@@]1(C)CC[C@H](O)C(C)(C)[C@@H]1CC3. The Hall–Kier alpha value is -2.40. The summed E-state index contributed by atoms with van der Waals surface area (Å²) in [5.41, 5.74) is 5.38. The van der Waals surface area contributed by atoms with E-state index in [1.807, 2.05) is 18.2 Å². The van der Waals surface area contributed by atoms with Crippen LogP contribution in [0.3, 0.4) is 0 Å². The molecule has 5 rings (SSSR count). The Balaban J connectivity index is 1.29. The summed E-state index contributed by atoms with van der Waals surface area (Å²) in [6.07, 6.45) is 11.7. The molecule has 0 unspecified atom stereocenters. The molecule has 1 aromatic carbocycles. The Morgan fingerprint density at radius 2 is 1.66 bits per heavy atom. The standard InChI is InChI=1S/C36H52N2O3/c1-8-31(40)37-27-11-9-10-12-28(27)38-32(41)16-13-23(2)24-17-21-36(7)26-14-15-29-33(3,4)30(39)19-20-34(29,5)25(26)18-22-35(24,36)6/h8-12,23-24,29-30,39H,1,13-22H2,2-7H3,(H,37,40)(H,38,41)/t23-,24-,29+,30+,34-,35-,36+/m1/s1. The maximum absolute atomic E-state index is 13.0. The van der Waals surface area contributed by atoms with E-state index in [2.05, 4.69) is 58.8 Å². The summed E-state index contributed by atoms with van der Waals surface area (Å²) in [6.45, 7) is 18.1. The Kier molecular flexibility index (Phi) is 7.85. The van der Waals surface area contributed by atoms with Crippen LogP contribution in [0.4, 0.5) is 11.4 Å². The van der Waals surface area contributed by atoms with Crippen LogP contribution in [0.1, 0.15) is 106 Å². The molecule has 4 aliphatic rings. The highest BCUT2D eigenvalue weighted by atomic mass is 16.3. The van der Waals surface area contributed by atoms with Gasteiger partial charge in [0.25, 0.3) is 0 Å². The zero-order valence-corrected chi connectivity index (χ0v) is 26.2. The lowest BCUT2D eigenvalue weighted by molar-refractivity contribution is -0.116. The summed E-state index contributed by atoms with van der Waals surface area (Å²) in [7, 11) is 0. The highest BCUT2D eigenvalue weighted by Gasteiger charge is 2.63. The van der Waals surface area contributed by atoms with Gasteiger partial charge in [0.2, 0.25) is 11.8 Å². The Bertz CT molecular complexity index is 1250. The third-order valence-electron chi connectivity index (χ3n) is 13.0. The zero-order valence-electron chi connectivity index (χ0n) is 26.2. The molecule has 0 bridgehead atoms. The fraction of sp³-hybridized carbons (Fsp3) is 0.667. The summed E-state index contributed by atoms with van der Waals surface area (Å²) in [5.74, 6) is 1.31. The van der Waals surface area contributed by atoms with E-state index in [-0.39, 0.29) is 39.6 Å². The van der Waals surface area contributed by atoms with Crippen molar-refractivity contribution in [2.75, 3.05) is 10.6 Å². The van der Waals surface area contributed by atoms with Crippen LogP contribution in [0.15, 0.2) is 48.1 Å². The van der Waals surface area contributed by atoms with Crippen molar-refractivity contribution in [2.24, 2.45) is 39.4 Å². The molecule has 5 nitrogen and oxygen atoms in total. The quantitative estimate of drug-likeness (QED) is 0.232. The molecule has 0 heterocycles. The van der Waals surface area contributed by atoms with Gasteiger partial charge in [-0.1, -0.05) is 71.4 Å². The summed E-state index contributed by atoms with van der Waals surface area (Å²) in [5, 5.41) is 16.7. The number of carbonyl (C=O) groups is 2. The van der Waals surface area contributed by atoms with E-state index in [9.17, 15) is 14.7 Å². The number of hydrogen-bond donors (Lipinski definition) is 3. The number of aliphatic hydroxyl groups is 1. The number of nitrogens with one attached hydrogen (secondary N) is 2. The predicted molar refractivity (Wildman–Crippen MR) is 167 cm³/mol. The van der Waals surface area contributed by atoms with Gasteiger partial charge in [-0.25, -0.2) is 0 Å². The van der Waals surface area contributed by atoms with E-state index < -0.39 is 0 Å². The highest BCUT2D eigenvalue weighted by Crippen LogP contribution is 2.72. The zero-order chi connectivity index (χ0) is 29.8. The van der Waals surface area contributed by atoms with Gasteiger partial charge in [0.15, 0.2) is 0 Å². The van der Waals surface area contributed by atoms with Crippen LogP contribution in [0.25, 0.3) is 0 Å². The maximum atomic E-state index is 13.0. The molecule has 224 valence electrons. The first-order chi connectivity index (χ1) is 19.3. The molecule has 7 atom stereocenters. The van der Waals surface area contributed by atoms with Crippen molar-refractivity contribution in [3.05, 3.63) is 48.1 Å². The number of allylic oxidation sites excluding steroid dienone is 2. The Morgan fingerprint density at radius 3 is 2.34 bits per heavy atom. The average Bonchev–Trinajstić information content (AvgIpc) is 3.22. The molecule has 41 heavy (non-hydrogen) atoms. The van der Waals surface area contributed by atoms with Gasteiger partial charge in [-0.05, 0) is 115 Å². The van der Waals surface area contributed by atoms with Crippen molar-refractivity contribution in [3.63, 3.8) is 0 Å². The smallest absolute Gasteiger partial charge is 0.247 e. The Labute approximate surface area is 247 Å². The second-order valence-electron chi connectivity index (χ2n) is 15.0. The lowest BCUT2D eigenvalue weighted by Crippen LogP contribution is -2.55. The van der Waals surface area contributed by atoms with Crippen LogP contribution in [0, 0.1) is 39.4 Å². The van der Waals surface area contributed by atoms with Crippen LogP contribution in [0.2, 0.25) is 0 Å². The van der Waals surface area contributed by atoms with Gasteiger partial charge in [-0.2, -0.15) is 0 Å². The van der Waals surface area contributed by atoms with E-state index in [0.29, 0.717) is 35.5 Å². The minimum Gasteiger partial charge on any atom is -0.393 e. The third kappa shape index (κ3) is 4.80. The molecule has 0 saturated heterocycles. The first-order valence-corrected chi connectivity index (χ1v) is 16.0. The molecule has 4 aliphatic carbocycles. The van der Waals surface area contributed by atoms with E-state index in [1.165, 1.54) is 44.6 Å². The molecule has 1 aromatic rings. The summed E-state index contributed by atoms with van der Waals surface area (Å²) in [6, 6.07) is 7.30. The van der Waals surface area contributed by atoms with E-state index >= 15 is 0 Å². The first kappa shape index (κ1) is 30.1. The molecule has 2 saturated carbocycles. The normalized spacial score (nSPS) is 36.4. The molecule has 0 aromatic heterocycles. The van der Waals surface area contributed by atoms with Crippen molar-refractivity contribution in [1.29, 1.82) is 0 Å². The van der Waals surface area contributed by atoms with Crippen molar-refractivity contribution in [2.45, 2.75) is 112 Å². The summed E-state index contributed by atoms with van der Waals surface area (Å²) >= 11 is 0. The number of aliphatic hydroxyl groups excluding tert-OH is 1. The molecule has 0 spiro atoms. The minimum atomic E-state index is -0.295. The third-order valence-corrected chi connectivity index (χ3v) is 13.0. The molecule has 0 radical (unpaired) electrons. The van der Waals surface area contributed by atoms with E-state index in [4.69, 9.17) is 0 Å². The van der Waals surface area contributed by atoms with Crippen molar-refractivity contribution < 1.29 is 14.7 Å². The van der Waals surface area contributed by atoms with Gasteiger partial charge in [0, 0.05) is 6.42 Å². The van der Waals surface area contributed by atoms with E-state index in [1.54, 1.807) is 17.2 Å². The number of para-hydroxylation sites is 2. The number of carbonyl (C=O) groups excluding carboxylic acids is 2. The van der Waals surface area contributed by atoms with Gasteiger partial charge >= 0.3 is 0 Å². The average molecular weight is 561 g/mol. The minimum absolute atomic E-state index is 0.00921. The number of benzene rings is 1. The number of rotatable bonds is 7.